The molecule has 0 aromatic heterocycles. The predicted octanol–water partition coefficient (Wildman–Crippen LogP) is 2.59. The SMILES string of the molecule is O=C(O)C1C2C=CC(C2)C1c1ccc([N+](=O)[O-])cc1. The Morgan fingerprint density at radius 3 is 2.42 bits per heavy atom. The van der Waals surface area contributed by atoms with Gasteiger partial charge in [-0.25, -0.2) is 0 Å². The number of carbonyl (C=O) groups is 1. The zero-order chi connectivity index (χ0) is 13.6. The minimum absolute atomic E-state index is 0.0364. The van der Waals surface area contributed by atoms with E-state index in [1.54, 1.807) is 12.1 Å². The molecule has 2 aliphatic rings. The summed E-state index contributed by atoms with van der Waals surface area (Å²) in [4.78, 5) is 21.6. The van der Waals surface area contributed by atoms with Gasteiger partial charge in [-0.15, -0.1) is 0 Å². The minimum Gasteiger partial charge on any atom is -0.481 e. The van der Waals surface area contributed by atoms with Gasteiger partial charge in [0.25, 0.3) is 5.69 Å². The molecule has 4 unspecified atom stereocenters. The zero-order valence-corrected chi connectivity index (χ0v) is 10.1. The van der Waals surface area contributed by atoms with Crippen molar-refractivity contribution in [2.24, 2.45) is 17.8 Å². The van der Waals surface area contributed by atoms with E-state index in [0.717, 1.165) is 12.0 Å². The number of rotatable bonds is 3. The van der Waals surface area contributed by atoms with Crippen LogP contribution in [0.25, 0.3) is 0 Å². The van der Waals surface area contributed by atoms with Gasteiger partial charge < -0.3 is 5.11 Å². The highest BCUT2D eigenvalue weighted by Crippen LogP contribution is 2.53. The first-order valence-electron chi connectivity index (χ1n) is 6.23. The van der Waals surface area contributed by atoms with Gasteiger partial charge in [-0.1, -0.05) is 24.3 Å². The van der Waals surface area contributed by atoms with Gasteiger partial charge in [0.15, 0.2) is 0 Å². The van der Waals surface area contributed by atoms with E-state index in [9.17, 15) is 20.0 Å². The van der Waals surface area contributed by atoms with Crippen molar-refractivity contribution < 1.29 is 14.8 Å². The molecule has 0 heterocycles. The summed E-state index contributed by atoms with van der Waals surface area (Å²) in [5.41, 5.74) is 0.921. The molecule has 1 N–H and O–H groups in total. The minimum atomic E-state index is -0.778. The third-order valence-electron chi connectivity index (χ3n) is 4.23. The largest absolute Gasteiger partial charge is 0.481 e. The van der Waals surface area contributed by atoms with E-state index in [4.69, 9.17) is 0 Å². The third kappa shape index (κ3) is 1.82. The van der Waals surface area contributed by atoms with Gasteiger partial charge in [-0.3, -0.25) is 14.9 Å². The van der Waals surface area contributed by atoms with Crippen LogP contribution >= 0.6 is 0 Å². The lowest BCUT2D eigenvalue weighted by atomic mass is 9.78. The molecule has 4 atom stereocenters. The first-order valence-corrected chi connectivity index (χ1v) is 6.23. The van der Waals surface area contributed by atoms with E-state index >= 15 is 0 Å². The predicted molar refractivity (Wildman–Crippen MR) is 67.7 cm³/mol. The average Bonchev–Trinajstić information content (AvgIpc) is 2.98. The molecule has 2 bridgehead atoms. The maximum Gasteiger partial charge on any atom is 0.307 e. The number of hydrogen-bond donors (Lipinski definition) is 1. The van der Waals surface area contributed by atoms with E-state index in [-0.39, 0.29) is 23.4 Å². The second-order valence-electron chi connectivity index (χ2n) is 5.19. The second-order valence-corrected chi connectivity index (χ2v) is 5.19. The fraction of sp³-hybridized carbons (Fsp3) is 0.357. The number of hydrogen-bond acceptors (Lipinski definition) is 3. The molecule has 0 aliphatic heterocycles. The van der Waals surface area contributed by atoms with Crippen LogP contribution in [0.4, 0.5) is 5.69 Å². The number of carboxylic acid groups (broad SMARTS) is 1. The van der Waals surface area contributed by atoms with E-state index in [0.29, 0.717) is 0 Å². The summed E-state index contributed by atoms with van der Waals surface area (Å²) < 4.78 is 0. The zero-order valence-electron chi connectivity index (χ0n) is 10.1. The lowest BCUT2D eigenvalue weighted by Gasteiger charge is -2.25. The number of benzene rings is 1. The fourth-order valence-electron chi connectivity index (χ4n) is 3.43. The highest BCUT2D eigenvalue weighted by atomic mass is 16.6. The summed E-state index contributed by atoms with van der Waals surface area (Å²) in [5.74, 6) is -0.903. The molecule has 19 heavy (non-hydrogen) atoms. The Balaban J connectivity index is 1.94. The summed E-state index contributed by atoms with van der Waals surface area (Å²) in [6, 6.07) is 6.27. The van der Waals surface area contributed by atoms with Crippen LogP contribution in [0.15, 0.2) is 36.4 Å². The van der Waals surface area contributed by atoms with E-state index in [1.807, 2.05) is 6.08 Å². The summed E-state index contributed by atoms with van der Waals surface area (Å²) in [6.07, 6.45) is 4.94. The molecule has 0 spiro atoms. The number of non-ortho nitro benzene ring substituents is 1. The van der Waals surface area contributed by atoms with E-state index < -0.39 is 16.8 Å². The van der Waals surface area contributed by atoms with Crippen molar-refractivity contribution in [3.8, 4) is 0 Å². The molecule has 1 fully saturated rings. The molecule has 98 valence electrons. The van der Waals surface area contributed by atoms with E-state index in [2.05, 4.69) is 6.08 Å². The highest BCUT2D eigenvalue weighted by molar-refractivity contribution is 5.73. The van der Waals surface area contributed by atoms with Crippen molar-refractivity contribution in [1.29, 1.82) is 0 Å². The smallest absolute Gasteiger partial charge is 0.307 e. The Bertz CT molecular complexity index is 563. The summed E-state index contributed by atoms with van der Waals surface area (Å²) in [6.45, 7) is 0. The summed E-state index contributed by atoms with van der Waals surface area (Å²) in [7, 11) is 0. The topological polar surface area (TPSA) is 80.4 Å². The first-order chi connectivity index (χ1) is 9.08. The number of nitro groups is 1. The Hall–Kier alpha value is -2.17. The highest BCUT2D eigenvalue weighted by Gasteiger charge is 2.48. The Morgan fingerprint density at radius 1 is 1.21 bits per heavy atom. The number of nitro benzene ring substituents is 1. The van der Waals surface area contributed by atoms with Crippen LogP contribution in [0.1, 0.15) is 17.9 Å². The standard InChI is InChI=1S/C14H13NO4/c16-14(17)13-10-2-1-9(7-10)12(13)8-3-5-11(6-4-8)15(18)19/h1-6,9-10,12-13H,7H2,(H,16,17). The number of aliphatic carboxylic acids is 1. The molecule has 3 rings (SSSR count). The molecule has 1 aromatic carbocycles. The normalized spacial score (nSPS) is 31.6. The maximum absolute atomic E-state index is 11.4. The third-order valence-corrected chi connectivity index (χ3v) is 4.23. The van der Waals surface area contributed by atoms with Crippen molar-refractivity contribution in [2.45, 2.75) is 12.3 Å². The van der Waals surface area contributed by atoms with E-state index in [1.165, 1.54) is 12.1 Å². The van der Waals surface area contributed by atoms with Crippen LogP contribution in [-0.4, -0.2) is 16.0 Å². The van der Waals surface area contributed by atoms with Crippen LogP contribution in [0.5, 0.6) is 0 Å². The van der Waals surface area contributed by atoms with Crippen LogP contribution < -0.4 is 0 Å². The number of carboxylic acids is 1. The molecule has 1 saturated carbocycles. The maximum atomic E-state index is 11.4. The van der Waals surface area contributed by atoms with Gasteiger partial charge in [0, 0.05) is 18.1 Å². The monoisotopic (exact) mass is 259 g/mol. The van der Waals surface area contributed by atoms with Gasteiger partial charge in [0.05, 0.1) is 10.8 Å². The number of nitrogens with zero attached hydrogens (tertiary/aromatic N) is 1. The van der Waals surface area contributed by atoms with Crippen molar-refractivity contribution in [2.75, 3.05) is 0 Å². The van der Waals surface area contributed by atoms with Crippen LogP contribution in [0, 0.1) is 27.9 Å². The van der Waals surface area contributed by atoms with Crippen molar-refractivity contribution in [3.63, 3.8) is 0 Å². The fourth-order valence-corrected chi connectivity index (χ4v) is 3.43. The van der Waals surface area contributed by atoms with Crippen LogP contribution in [0.2, 0.25) is 0 Å². The van der Waals surface area contributed by atoms with Gasteiger partial charge in [-0.05, 0) is 23.8 Å². The molecule has 0 amide bonds. The lowest BCUT2D eigenvalue weighted by Crippen LogP contribution is -2.25. The Kier molecular flexibility index (Phi) is 2.62. The Morgan fingerprint density at radius 2 is 1.84 bits per heavy atom. The van der Waals surface area contributed by atoms with Crippen LogP contribution in [0.3, 0.4) is 0 Å². The average molecular weight is 259 g/mol. The molecular formula is C14H13NO4. The van der Waals surface area contributed by atoms with Gasteiger partial charge in [0.2, 0.25) is 0 Å². The molecule has 2 aliphatic carbocycles. The molecule has 1 aromatic rings. The quantitative estimate of drug-likeness (QED) is 0.514. The van der Waals surface area contributed by atoms with Crippen molar-refractivity contribution in [1.82, 2.24) is 0 Å². The Labute approximate surface area is 109 Å². The second kappa shape index (κ2) is 4.19. The van der Waals surface area contributed by atoms with Crippen molar-refractivity contribution in [3.05, 3.63) is 52.1 Å². The summed E-state index contributed by atoms with van der Waals surface area (Å²) >= 11 is 0. The van der Waals surface area contributed by atoms with Crippen LogP contribution in [-0.2, 0) is 4.79 Å². The summed E-state index contributed by atoms with van der Waals surface area (Å²) in [5, 5.41) is 20.0. The molecular weight excluding hydrogens is 246 g/mol. The van der Waals surface area contributed by atoms with Gasteiger partial charge in [-0.2, -0.15) is 0 Å². The molecule has 0 radical (unpaired) electrons. The molecule has 0 saturated heterocycles. The first kappa shape index (κ1) is 11.9. The van der Waals surface area contributed by atoms with Gasteiger partial charge in [0.1, 0.15) is 0 Å². The molecule has 5 heteroatoms. The number of fused-ring (bicyclic) bond motifs is 2. The number of allylic oxidation sites excluding steroid dienone is 2. The van der Waals surface area contributed by atoms with Gasteiger partial charge >= 0.3 is 5.97 Å². The lowest BCUT2D eigenvalue weighted by molar-refractivity contribution is -0.384. The van der Waals surface area contributed by atoms with Crippen molar-refractivity contribution >= 4 is 11.7 Å². The molecule has 5 nitrogen and oxygen atoms in total.